The van der Waals surface area contributed by atoms with Crippen LogP contribution in [-0.2, 0) is 19.0 Å². The van der Waals surface area contributed by atoms with Gasteiger partial charge in [0.1, 0.15) is 11.9 Å². The third-order valence-electron chi connectivity index (χ3n) is 5.01. The Morgan fingerprint density at radius 1 is 1.17 bits per heavy atom. The standard InChI is InChI=1S/C24H23F3O6S2/c1-5-32-22(28)16-9-6-15(7-10-16)8-11-17-12-18-20(33-35(29,30)24(25,26)27)14-23(2,3)34-21(18)13-19(17)31-4/h6-7,9-10,12-13,20H,5,14H2,1-4H3. The highest BCUT2D eigenvalue weighted by molar-refractivity contribution is 8.00. The van der Waals surface area contributed by atoms with E-state index >= 15 is 0 Å². The number of benzene rings is 2. The second-order valence-electron chi connectivity index (χ2n) is 8.19. The molecule has 3 rings (SSSR count). The molecule has 1 aliphatic rings. The van der Waals surface area contributed by atoms with E-state index in [2.05, 4.69) is 16.0 Å². The smallest absolute Gasteiger partial charge is 0.495 e. The quantitative estimate of drug-likeness (QED) is 0.221. The molecule has 2 aromatic rings. The van der Waals surface area contributed by atoms with Gasteiger partial charge in [0, 0.05) is 15.2 Å². The monoisotopic (exact) mass is 528 g/mol. The van der Waals surface area contributed by atoms with Gasteiger partial charge in [-0.25, -0.2) is 4.79 Å². The Morgan fingerprint density at radius 3 is 2.40 bits per heavy atom. The average Bonchev–Trinajstić information content (AvgIpc) is 2.76. The van der Waals surface area contributed by atoms with Crippen molar-refractivity contribution in [1.29, 1.82) is 0 Å². The van der Waals surface area contributed by atoms with Crippen molar-refractivity contribution in [3.63, 3.8) is 0 Å². The zero-order valence-electron chi connectivity index (χ0n) is 19.4. The van der Waals surface area contributed by atoms with Gasteiger partial charge in [-0.05, 0) is 55.3 Å². The van der Waals surface area contributed by atoms with E-state index in [1.807, 2.05) is 0 Å². The Hall–Kier alpha value is -2.68. The van der Waals surface area contributed by atoms with Gasteiger partial charge in [0.25, 0.3) is 0 Å². The number of hydrogen-bond donors (Lipinski definition) is 0. The van der Waals surface area contributed by atoms with Crippen molar-refractivity contribution in [2.75, 3.05) is 13.7 Å². The molecule has 0 saturated carbocycles. The van der Waals surface area contributed by atoms with Crippen molar-refractivity contribution in [1.82, 2.24) is 0 Å². The molecule has 0 amide bonds. The highest BCUT2D eigenvalue weighted by atomic mass is 32.2. The summed E-state index contributed by atoms with van der Waals surface area (Å²) in [7, 11) is -4.37. The fourth-order valence-corrected chi connectivity index (χ4v) is 5.31. The van der Waals surface area contributed by atoms with Crippen LogP contribution >= 0.6 is 11.8 Å². The van der Waals surface area contributed by atoms with Crippen LogP contribution in [-0.4, -0.2) is 38.4 Å². The maximum Gasteiger partial charge on any atom is 0.523 e. The van der Waals surface area contributed by atoms with Crippen LogP contribution in [0.25, 0.3) is 0 Å². The summed E-state index contributed by atoms with van der Waals surface area (Å²) in [6.45, 7) is 5.54. The molecular formula is C24H23F3O6S2. The first-order valence-corrected chi connectivity index (χ1v) is 12.7. The van der Waals surface area contributed by atoms with Crippen LogP contribution in [0.3, 0.4) is 0 Å². The van der Waals surface area contributed by atoms with E-state index in [1.54, 1.807) is 51.1 Å². The number of methoxy groups -OCH3 is 1. The normalized spacial score (nSPS) is 17.1. The number of carbonyl (C=O) groups is 1. The Bertz CT molecular complexity index is 1270. The second-order valence-corrected chi connectivity index (χ2v) is 11.5. The number of esters is 1. The first-order valence-electron chi connectivity index (χ1n) is 10.5. The number of alkyl halides is 3. The van der Waals surface area contributed by atoms with E-state index in [-0.39, 0.29) is 18.6 Å². The molecule has 0 N–H and O–H groups in total. The van der Waals surface area contributed by atoms with Crippen LogP contribution in [0.2, 0.25) is 0 Å². The van der Waals surface area contributed by atoms with E-state index in [0.717, 1.165) is 0 Å². The molecule has 0 bridgehead atoms. The van der Waals surface area contributed by atoms with Crippen molar-refractivity contribution in [3.05, 3.63) is 58.7 Å². The second kappa shape index (κ2) is 10.1. The number of ether oxygens (including phenoxy) is 2. The average molecular weight is 529 g/mol. The summed E-state index contributed by atoms with van der Waals surface area (Å²) < 4.78 is 76.9. The van der Waals surface area contributed by atoms with Crippen LogP contribution in [0, 0.1) is 11.8 Å². The first kappa shape index (κ1) is 26.9. The van der Waals surface area contributed by atoms with Crippen LogP contribution in [0.4, 0.5) is 13.2 Å². The molecule has 35 heavy (non-hydrogen) atoms. The van der Waals surface area contributed by atoms with Gasteiger partial charge >= 0.3 is 21.6 Å². The number of hydrogen-bond acceptors (Lipinski definition) is 7. The molecule has 1 atom stereocenters. The predicted octanol–water partition coefficient (Wildman–Crippen LogP) is 5.45. The Balaban J connectivity index is 2.00. The summed E-state index contributed by atoms with van der Waals surface area (Å²) in [6, 6.07) is 9.50. The topological polar surface area (TPSA) is 78.9 Å². The first-order chi connectivity index (χ1) is 16.3. The number of halogens is 3. The van der Waals surface area contributed by atoms with Gasteiger partial charge < -0.3 is 9.47 Å². The summed E-state index contributed by atoms with van der Waals surface area (Å²) in [6.07, 6.45) is -1.31. The van der Waals surface area contributed by atoms with Crippen molar-refractivity contribution in [2.45, 2.75) is 48.4 Å². The van der Waals surface area contributed by atoms with Gasteiger partial charge in [0.05, 0.1) is 24.8 Å². The van der Waals surface area contributed by atoms with Gasteiger partial charge in [-0.3, -0.25) is 4.18 Å². The molecule has 1 heterocycles. The lowest BCUT2D eigenvalue weighted by atomic mass is 9.96. The number of fused-ring (bicyclic) bond motifs is 1. The number of thioether (sulfide) groups is 1. The van der Waals surface area contributed by atoms with Crippen LogP contribution in [0.5, 0.6) is 5.75 Å². The molecule has 11 heteroatoms. The number of carbonyl (C=O) groups excluding carboxylic acids is 1. The molecule has 2 aromatic carbocycles. The minimum atomic E-state index is -5.80. The summed E-state index contributed by atoms with van der Waals surface area (Å²) in [5.41, 5.74) is -3.97. The molecule has 0 spiro atoms. The molecule has 6 nitrogen and oxygen atoms in total. The van der Waals surface area contributed by atoms with E-state index in [9.17, 15) is 26.4 Å². The molecule has 0 aromatic heterocycles. The SMILES string of the molecule is CCOC(=O)c1ccc(C#Cc2cc3c(cc2OC)SC(C)(C)CC3OS(=O)(=O)C(F)(F)F)cc1. The van der Waals surface area contributed by atoms with Gasteiger partial charge in [-0.2, -0.15) is 21.6 Å². The molecule has 1 aliphatic heterocycles. The lowest BCUT2D eigenvalue weighted by Gasteiger charge is -2.36. The van der Waals surface area contributed by atoms with Gasteiger partial charge in [0.15, 0.2) is 0 Å². The summed E-state index contributed by atoms with van der Waals surface area (Å²) in [5, 5.41) is 0. The summed E-state index contributed by atoms with van der Waals surface area (Å²) in [4.78, 5) is 12.3. The maximum absolute atomic E-state index is 13.0. The highest BCUT2D eigenvalue weighted by Crippen LogP contribution is 2.51. The number of rotatable bonds is 5. The summed E-state index contributed by atoms with van der Waals surface area (Å²) >= 11 is 1.38. The van der Waals surface area contributed by atoms with Crippen molar-refractivity contribution < 1.29 is 40.0 Å². The minimum Gasteiger partial charge on any atom is -0.495 e. The molecule has 0 saturated heterocycles. The lowest BCUT2D eigenvalue weighted by Crippen LogP contribution is -2.32. The largest absolute Gasteiger partial charge is 0.523 e. The lowest BCUT2D eigenvalue weighted by molar-refractivity contribution is -0.0581. The Labute approximate surface area is 206 Å². The van der Waals surface area contributed by atoms with Crippen LogP contribution < -0.4 is 4.74 Å². The molecule has 188 valence electrons. The fraction of sp³-hybridized carbons (Fsp3) is 0.375. The third kappa shape index (κ3) is 6.31. The van der Waals surface area contributed by atoms with E-state index in [4.69, 9.17) is 9.47 Å². The van der Waals surface area contributed by atoms with Crippen LogP contribution in [0.1, 0.15) is 60.3 Å². The van der Waals surface area contributed by atoms with E-state index in [1.165, 1.54) is 24.9 Å². The molecule has 0 fully saturated rings. The third-order valence-corrected chi connectivity index (χ3v) is 7.35. The van der Waals surface area contributed by atoms with Crippen molar-refractivity contribution in [3.8, 4) is 17.6 Å². The van der Waals surface area contributed by atoms with Crippen molar-refractivity contribution >= 4 is 27.8 Å². The Morgan fingerprint density at radius 2 is 1.83 bits per heavy atom. The van der Waals surface area contributed by atoms with E-state index < -0.39 is 32.4 Å². The van der Waals surface area contributed by atoms with Gasteiger partial charge in [-0.15, -0.1) is 11.8 Å². The maximum atomic E-state index is 13.0. The molecular weight excluding hydrogens is 505 g/mol. The highest BCUT2D eigenvalue weighted by Gasteiger charge is 2.50. The zero-order chi connectivity index (χ0) is 26.0. The summed E-state index contributed by atoms with van der Waals surface area (Å²) in [5.74, 6) is 5.75. The minimum absolute atomic E-state index is 0.0362. The van der Waals surface area contributed by atoms with Gasteiger partial charge in [-0.1, -0.05) is 25.7 Å². The van der Waals surface area contributed by atoms with Crippen molar-refractivity contribution in [2.24, 2.45) is 0 Å². The fourth-order valence-electron chi connectivity index (χ4n) is 3.42. The zero-order valence-corrected chi connectivity index (χ0v) is 21.0. The van der Waals surface area contributed by atoms with E-state index in [0.29, 0.717) is 27.3 Å². The molecule has 1 unspecified atom stereocenters. The van der Waals surface area contributed by atoms with Gasteiger partial charge in [0.2, 0.25) is 0 Å². The van der Waals surface area contributed by atoms with Crippen LogP contribution in [0.15, 0.2) is 41.3 Å². The molecule has 0 aliphatic carbocycles. The Kier molecular flexibility index (Phi) is 7.79. The predicted molar refractivity (Wildman–Crippen MR) is 125 cm³/mol. The molecule has 0 radical (unpaired) electrons.